The topological polar surface area (TPSA) is 86.9 Å². The first kappa shape index (κ1) is 19.3. The Balaban J connectivity index is 1.85. The molecule has 0 bridgehead atoms. The molecule has 0 fully saturated rings. The average molecular weight is 383 g/mol. The van der Waals surface area contributed by atoms with Crippen molar-refractivity contribution >= 4 is 22.7 Å². The normalized spacial score (nSPS) is 11.7. The van der Waals surface area contributed by atoms with Crippen molar-refractivity contribution in [3.05, 3.63) is 53.7 Å². The van der Waals surface area contributed by atoms with Gasteiger partial charge < -0.3 is 23.9 Å². The van der Waals surface area contributed by atoms with Gasteiger partial charge in [-0.05, 0) is 13.0 Å². The number of carbonyl (C=O) groups is 2. The fraction of sp³-hybridized carbons (Fsp3) is 0.238. The molecule has 146 valence electrons. The van der Waals surface area contributed by atoms with Crippen molar-refractivity contribution in [1.29, 1.82) is 0 Å². The van der Waals surface area contributed by atoms with Gasteiger partial charge in [0.2, 0.25) is 5.78 Å². The van der Waals surface area contributed by atoms with E-state index in [-0.39, 0.29) is 17.1 Å². The Morgan fingerprint density at radius 2 is 1.54 bits per heavy atom. The third-order valence-electron chi connectivity index (χ3n) is 4.43. The van der Waals surface area contributed by atoms with Crippen molar-refractivity contribution < 1.29 is 28.5 Å². The number of benzene rings is 2. The van der Waals surface area contributed by atoms with Gasteiger partial charge in [-0.2, -0.15) is 0 Å². The maximum absolute atomic E-state index is 12.8. The van der Waals surface area contributed by atoms with Crippen LogP contribution in [0.15, 0.2) is 42.6 Å². The van der Waals surface area contributed by atoms with Gasteiger partial charge in [-0.15, -0.1) is 0 Å². The van der Waals surface area contributed by atoms with Gasteiger partial charge in [0, 0.05) is 34.8 Å². The maximum Gasteiger partial charge on any atom is 0.342 e. The molecule has 0 spiro atoms. The minimum atomic E-state index is -0.982. The molecule has 3 aromatic rings. The van der Waals surface area contributed by atoms with Crippen molar-refractivity contribution in [3.63, 3.8) is 0 Å². The summed E-state index contributed by atoms with van der Waals surface area (Å²) in [6.45, 7) is 1.54. The third-order valence-corrected chi connectivity index (χ3v) is 4.43. The van der Waals surface area contributed by atoms with E-state index in [1.807, 2.05) is 24.3 Å². The summed E-state index contributed by atoms with van der Waals surface area (Å²) in [5, 5.41) is 0.777. The van der Waals surface area contributed by atoms with Gasteiger partial charge in [0.1, 0.15) is 11.3 Å². The Hall–Kier alpha value is -3.48. The van der Waals surface area contributed by atoms with Crippen LogP contribution in [-0.2, 0) is 4.74 Å². The maximum atomic E-state index is 12.8. The molecular weight excluding hydrogens is 362 g/mol. The van der Waals surface area contributed by atoms with Crippen molar-refractivity contribution in [3.8, 4) is 17.2 Å². The molecule has 0 saturated heterocycles. The number of esters is 1. The summed E-state index contributed by atoms with van der Waals surface area (Å²) >= 11 is 0. The van der Waals surface area contributed by atoms with E-state index in [1.165, 1.54) is 40.4 Å². The van der Waals surface area contributed by atoms with Crippen LogP contribution in [0.4, 0.5) is 0 Å². The van der Waals surface area contributed by atoms with E-state index in [1.54, 1.807) is 6.20 Å². The first-order chi connectivity index (χ1) is 13.5. The van der Waals surface area contributed by atoms with Crippen LogP contribution in [0.1, 0.15) is 27.6 Å². The summed E-state index contributed by atoms with van der Waals surface area (Å²) < 4.78 is 21.1. The Morgan fingerprint density at radius 1 is 0.893 bits per heavy atom. The molecule has 0 aliphatic rings. The minimum Gasteiger partial charge on any atom is -0.496 e. The predicted molar refractivity (Wildman–Crippen MR) is 104 cm³/mol. The molecule has 1 N–H and O–H groups in total. The SMILES string of the molecule is COc1cc(OC)c(C(=O)O[C@H](C)C(=O)c2c[nH]c3ccccc23)cc1OC. The number of carbonyl (C=O) groups excluding carboxylic acids is 2. The number of methoxy groups -OCH3 is 3. The lowest BCUT2D eigenvalue weighted by molar-refractivity contribution is 0.0316. The Morgan fingerprint density at radius 3 is 2.21 bits per heavy atom. The minimum absolute atomic E-state index is 0.138. The van der Waals surface area contributed by atoms with Gasteiger partial charge in [0.15, 0.2) is 17.6 Å². The molecule has 0 radical (unpaired) electrons. The van der Waals surface area contributed by atoms with Gasteiger partial charge in [-0.1, -0.05) is 18.2 Å². The van der Waals surface area contributed by atoms with E-state index in [2.05, 4.69) is 4.98 Å². The zero-order chi connectivity index (χ0) is 20.3. The average Bonchev–Trinajstić information content (AvgIpc) is 3.15. The largest absolute Gasteiger partial charge is 0.496 e. The molecule has 7 nitrogen and oxygen atoms in total. The number of nitrogens with one attached hydrogen (secondary N) is 1. The lowest BCUT2D eigenvalue weighted by Crippen LogP contribution is -2.24. The number of aromatic nitrogens is 1. The predicted octanol–water partition coefficient (Wildman–Crippen LogP) is 3.62. The van der Waals surface area contributed by atoms with Gasteiger partial charge in [-0.3, -0.25) is 4.79 Å². The molecule has 1 aromatic heterocycles. The van der Waals surface area contributed by atoms with E-state index in [9.17, 15) is 9.59 Å². The molecule has 0 aliphatic heterocycles. The van der Waals surface area contributed by atoms with Crippen molar-refractivity contribution in [2.24, 2.45) is 0 Å². The van der Waals surface area contributed by atoms with Crippen LogP contribution in [0.5, 0.6) is 17.2 Å². The number of Topliss-reactive ketones (excluding diaryl/α,β-unsaturated/α-hetero) is 1. The van der Waals surface area contributed by atoms with Gasteiger partial charge in [-0.25, -0.2) is 4.79 Å². The Kier molecular flexibility index (Phi) is 5.54. The Labute approximate surface area is 162 Å². The molecule has 0 unspecified atom stereocenters. The Bertz CT molecular complexity index is 1020. The van der Waals surface area contributed by atoms with Crippen LogP contribution < -0.4 is 14.2 Å². The quantitative estimate of drug-likeness (QED) is 0.495. The standard InChI is InChI=1S/C21H21NO6/c1-12(20(23)15-11-22-16-8-6-5-7-13(15)16)28-21(24)14-9-18(26-3)19(27-4)10-17(14)25-2/h5-12,22H,1-4H3/t12-/m1/s1. The van der Waals surface area contributed by atoms with Crippen LogP contribution in [0, 0.1) is 0 Å². The smallest absolute Gasteiger partial charge is 0.342 e. The van der Waals surface area contributed by atoms with Crippen LogP contribution in [-0.4, -0.2) is 44.2 Å². The second-order valence-corrected chi connectivity index (χ2v) is 6.07. The summed E-state index contributed by atoms with van der Waals surface area (Å²) in [6, 6.07) is 10.4. The number of rotatable bonds is 7. The van der Waals surface area contributed by atoms with Crippen LogP contribution in [0.3, 0.4) is 0 Å². The van der Waals surface area contributed by atoms with Crippen molar-refractivity contribution in [2.75, 3.05) is 21.3 Å². The lowest BCUT2D eigenvalue weighted by atomic mass is 10.1. The highest BCUT2D eigenvalue weighted by Gasteiger charge is 2.25. The number of ether oxygens (including phenoxy) is 4. The summed E-state index contributed by atoms with van der Waals surface area (Å²) in [7, 11) is 4.37. The fourth-order valence-corrected chi connectivity index (χ4v) is 2.96. The molecule has 0 amide bonds. The number of H-pyrrole nitrogens is 1. The molecule has 3 rings (SSSR count). The summed E-state index contributed by atoms with van der Waals surface area (Å²) in [4.78, 5) is 28.5. The van der Waals surface area contributed by atoms with E-state index in [0.717, 1.165) is 10.9 Å². The zero-order valence-corrected chi connectivity index (χ0v) is 16.1. The number of ketones is 1. The molecule has 0 saturated carbocycles. The molecule has 1 atom stereocenters. The van der Waals surface area contributed by atoms with E-state index in [0.29, 0.717) is 17.1 Å². The first-order valence-electron chi connectivity index (χ1n) is 8.61. The van der Waals surface area contributed by atoms with Crippen molar-refractivity contribution in [1.82, 2.24) is 4.98 Å². The van der Waals surface area contributed by atoms with E-state index < -0.39 is 12.1 Å². The summed E-state index contributed by atoms with van der Waals surface area (Å²) in [6.07, 6.45) is 0.637. The molecule has 1 heterocycles. The number of hydrogen-bond acceptors (Lipinski definition) is 6. The lowest BCUT2D eigenvalue weighted by Gasteiger charge is -2.16. The van der Waals surface area contributed by atoms with E-state index in [4.69, 9.17) is 18.9 Å². The summed E-state index contributed by atoms with van der Waals surface area (Å²) in [5.74, 6) is 0.0304. The number of hydrogen-bond donors (Lipinski definition) is 1. The van der Waals surface area contributed by atoms with E-state index >= 15 is 0 Å². The molecule has 7 heteroatoms. The number of aromatic amines is 1. The van der Waals surface area contributed by atoms with Gasteiger partial charge in [0.05, 0.1) is 21.3 Å². The molecule has 2 aromatic carbocycles. The number of para-hydroxylation sites is 1. The van der Waals surface area contributed by atoms with Crippen molar-refractivity contribution in [2.45, 2.75) is 13.0 Å². The third kappa shape index (κ3) is 3.51. The van der Waals surface area contributed by atoms with Gasteiger partial charge >= 0.3 is 5.97 Å². The highest BCUT2D eigenvalue weighted by Crippen LogP contribution is 2.35. The van der Waals surface area contributed by atoms with Crippen LogP contribution >= 0.6 is 0 Å². The highest BCUT2D eigenvalue weighted by atomic mass is 16.5. The monoisotopic (exact) mass is 383 g/mol. The zero-order valence-electron chi connectivity index (χ0n) is 16.1. The molecule has 28 heavy (non-hydrogen) atoms. The second kappa shape index (κ2) is 8.04. The highest BCUT2D eigenvalue weighted by molar-refractivity contribution is 6.10. The summed E-state index contributed by atoms with van der Waals surface area (Å²) in [5.41, 5.74) is 1.44. The van der Waals surface area contributed by atoms with Crippen LogP contribution in [0.25, 0.3) is 10.9 Å². The fourth-order valence-electron chi connectivity index (χ4n) is 2.96. The molecular formula is C21H21NO6. The first-order valence-corrected chi connectivity index (χ1v) is 8.61. The second-order valence-electron chi connectivity index (χ2n) is 6.07. The molecule has 0 aliphatic carbocycles. The van der Waals surface area contributed by atoms with Gasteiger partial charge in [0.25, 0.3) is 0 Å². The van der Waals surface area contributed by atoms with Crippen LogP contribution in [0.2, 0.25) is 0 Å². The number of fused-ring (bicyclic) bond motifs is 1.